The van der Waals surface area contributed by atoms with Crippen molar-refractivity contribution in [3.8, 4) is 0 Å². The van der Waals surface area contributed by atoms with Crippen LogP contribution >= 0.6 is 0 Å². The second kappa shape index (κ2) is 18.2. The largest absolute Gasteiger partial charge is 0.394 e. The first kappa shape index (κ1) is 43.7. The molecule has 25 atom stereocenters. The standard InChI is InChI=1S/C33H56O22/c34-6-17-21(40)24(43)27(46)31(53-17)49-10-3-12(37)11-5-16(52-33-29(48)26(45)23(42)19(8-36)55-33)30(50-14(11)4-10)9-1-13(38)20(39)15(2-9)51-32-28(47)25(44)22(41)18(7-35)54-32/h9-48H,1-8H2/t9?,10?,11?,12?,13?,14?,15?,16?,17-,18-,19-,20?,21-,22-,23-,24-,25-,26-,27-,28-,29-,30?,31-,32-,33-/m1/s1. The maximum Gasteiger partial charge on any atom is 0.187 e. The minimum absolute atomic E-state index is 0.0195. The second-order valence-electron chi connectivity index (χ2n) is 15.6. The zero-order valence-electron chi connectivity index (χ0n) is 29.7. The van der Waals surface area contributed by atoms with Gasteiger partial charge in [-0.05, 0) is 25.2 Å². The molecule has 6 rings (SSSR count). The molecule has 22 heteroatoms. The molecular weight excluding hydrogens is 748 g/mol. The Bertz CT molecular complexity index is 1220. The minimum atomic E-state index is -1.82. The zero-order chi connectivity index (χ0) is 40.0. The van der Waals surface area contributed by atoms with E-state index in [0.29, 0.717) is 0 Å². The van der Waals surface area contributed by atoms with Crippen LogP contribution in [0.2, 0.25) is 0 Å². The summed E-state index contributed by atoms with van der Waals surface area (Å²) in [4.78, 5) is 0. The van der Waals surface area contributed by atoms with E-state index in [1.165, 1.54) is 0 Å². The van der Waals surface area contributed by atoms with Gasteiger partial charge < -0.3 is 110 Å². The van der Waals surface area contributed by atoms with Crippen molar-refractivity contribution in [1.82, 2.24) is 0 Å². The average Bonchev–Trinajstić information content (AvgIpc) is 3.16. The maximum absolute atomic E-state index is 11.4. The van der Waals surface area contributed by atoms with Gasteiger partial charge in [-0.2, -0.15) is 0 Å². The molecule has 4 heterocycles. The van der Waals surface area contributed by atoms with Crippen LogP contribution in [0.15, 0.2) is 0 Å². The molecule has 4 saturated heterocycles. The summed E-state index contributed by atoms with van der Waals surface area (Å²) in [6.45, 7) is -2.17. The van der Waals surface area contributed by atoms with Gasteiger partial charge in [0.05, 0.1) is 62.5 Å². The molecule has 10 unspecified atom stereocenters. The molecule has 6 aliphatic rings. The van der Waals surface area contributed by atoms with Gasteiger partial charge in [0.1, 0.15) is 79.4 Å². The normalized spacial score (nSPS) is 55.1. The summed E-state index contributed by atoms with van der Waals surface area (Å²) >= 11 is 0. The third-order valence-electron chi connectivity index (χ3n) is 12.0. The summed E-state index contributed by atoms with van der Waals surface area (Å²) in [6.07, 6.45) is -33.7. The zero-order valence-corrected chi connectivity index (χ0v) is 29.7. The number of aliphatic hydroxyl groups excluding tert-OH is 15. The third kappa shape index (κ3) is 8.87. The molecule has 2 aliphatic carbocycles. The highest BCUT2D eigenvalue weighted by atomic mass is 16.7. The number of hydrogen-bond acceptors (Lipinski definition) is 22. The van der Waals surface area contributed by atoms with E-state index in [1.807, 2.05) is 0 Å². The Hall–Kier alpha value is -0.880. The van der Waals surface area contributed by atoms with Crippen molar-refractivity contribution in [3.63, 3.8) is 0 Å². The van der Waals surface area contributed by atoms with Crippen molar-refractivity contribution < 1.29 is 110 Å². The maximum atomic E-state index is 11.4. The molecule has 55 heavy (non-hydrogen) atoms. The van der Waals surface area contributed by atoms with E-state index >= 15 is 0 Å². The first-order valence-corrected chi connectivity index (χ1v) is 18.7. The summed E-state index contributed by atoms with van der Waals surface area (Å²) in [5.74, 6) is -1.44. The molecule has 0 radical (unpaired) electrons. The van der Waals surface area contributed by atoms with Crippen molar-refractivity contribution in [1.29, 1.82) is 0 Å². The van der Waals surface area contributed by atoms with Crippen molar-refractivity contribution in [3.05, 3.63) is 0 Å². The molecular formula is C33H56O22. The first-order valence-electron chi connectivity index (χ1n) is 18.7. The monoisotopic (exact) mass is 804 g/mol. The van der Waals surface area contributed by atoms with Gasteiger partial charge in [0.15, 0.2) is 18.9 Å². The van der Waals surface area contributed by atoms with Gasteiger partial charge in [-0.15, -0.1) is 0 Å². The molecule has 6 fully saturated rings. The lowest BCUT2D eigenvalue weighted by Gasteiger charge is -2.52. The quantitative estimate of drug-likeness (QED) is 0.0975. The Morgan fingerprint density at radius 2 is 0.855 bits per heavy atom. The van der Waals surface area contributed by atoms with Crippen molar-refractivity contribution >= 4 is 0 Å². The van der Waals surface area contributed by atoms with Crippen LogP contribution in [0.25, 0.3) is 0 Å². The van der Waals surface area contributed by atoms with Gasteiger partial charge in [-0.3, -0.25) is 0 Å². The van der Waals surface area contributed by atoms with E-state index in [2.05, 4.69) is 0 Å². The lowest BCUT2D eigenvalue weighted by Crippen LogP contribution is -2.63. The first-order chi connectivity index (χ1) is 26.1. The number of aliphatic hydroxyl groups is 15. The van der Waals surface area contributed by atoms with Crippen LogP contribution in [0.4, 0.5) is 0 Å². The highest BCUT2D eigenvalue weighted by Gasteiger charge is 2.55. The fraction of sp³-hybridized carbons (Fsp3) is 1.00. The van der Waals surface area contributed by atoms with Crippen LogP contribution in [-0.4, -0.2) is 237 Å². The highest BCUT2D eigenvalue weighted by molar-refractivity contribution is 5.02. The molecule has 0 amide bonds. The van der Waals surface area contributed by atoms with Crippen molar-refractivity contribution in [2.24, 2.45) is 11.8 Å². The molecule has 15 N–H and O–H groups in total. The molecule has 320 valence electrons. The van der Waals surface area contributed by atoms with Gasteiger partial charge in [0.2, 0.25) is 0 Å². The van der Waals surface area contributed by atoms with E-state index in [-0.39, 0.29) is 32.1 Å². The van der Waals surface area contributed by atoms with Gasteiger partial charge in [-0.1, -0.05) is 0 Å². The fourth-order valence-corrected chi connectivity index (χ4v) is 8.75. The summed E-state index contributed by atoms with van der Waals surface area (Å²) < 4.78 is 41.1. The van der Waals surface area contributed by atoms with E-state index in [9.17, 15) is 76.6 Å². The molecule has 0 spiro atoms. The smallest absolute Gasteiger partial charge is 0.187 e. The van der Waals surface area contributed by atoms with Crippen LogP contribution < -0.4 is 0 Å². The van der Waals surface area contributed by atoms with Gasteiger partial charge in [0, 0.05) is 18.8 Å². The minimum Gasteiger partial charge on any atom is -0.394 e. The molecule has 0 bridgehead atoms. The van der Waals surface area contributed by atoms with Crippen molar-refractivity contribution in [2.45, 2.75) is 173 Å². The highest BCUT2D eigenvalue weighted by Crippen LogP contribution is 2.45. The van der Waals surface area contributed by atoms with E-state index in [0.717, 1.165) is 0 Å². The molecule has 0 aromatic rings. The van der Waals surface area contributed by atoms with Crippen LogP contribution in [-0.2, 0) is 33.2 Å². The Morgan fingerprint density at radius 3 is 1.33 bits per heavy atom. The van der Waals surface area contributed by atoms with Gasteiger partial charge in [0.25, 0.3) is 0 Å². The average molecular weight is 805 g/mol. The van der Waals surface area contributed by atoms with Crippen LogP contribution in [0.5, 0.6) is 0 Å². The van der Waals surface area contributed by atoms with E-state index in [4.69, 9.17) is 33.2 Å². The lowest BCUT2D eigenvalue weighted by molar-refractivity contribution is -0.342. The molecule has 0 aromatic heterocycles. The molecule has 0 aromatic carbocycles. The third-order valence-corrected chi connectivity index (χ3v) is 12.0. The molecule has 4 aliphatic heterocycles. The number of hydrogen-bond donors (Lipinski definition) is 15. The number of fused-ring (bicyclic) bond motifs is 1. The number of rotatable bonds is 10. The summed E-state index contributed by atoms with van der Waals surface area (Å²) in [6, 6.07) is 0. The Labute approximate surface area is 314 Å². The number of ether oxygens (including phenoxy) is 7. The Balaban J connectivity index is 1.23. The van der Waals surface area contributed by atoms with Crippen LogP contribution in [0.3, 0.4) is 0 Å². The summed E-state index contributed by atoms with van der Waals surface area (Å²) in [7, 11) is 0. The second-order valence-corrected chi connectivity index (χ2v) is 15.6. The van der Waals surface area contributed by atoms with Crippen LogP contribution in [0.1, 0.15) is 32.1 Å². The molecule has 22 nitrogen and oxygen atoms in total. The lowest BCUT2D eigenvalue weighted by atomic mass is 9.72. The summed E-state index contributed by atoms with van der Waals surface area (Å²) in [5.41, 5.74) is 0. The van der Waals surface area contributed by atoms with Crippen molar-refractivity contribution in [2.75, 3.05) is 19.8 Å². The van der Waals surface area contributed by atoms with Crippen LogP contribution in [0, 0.1) is 11.8 Å². The van der Waals surface area contributed by atoms with Gasteiger partial charge in [-0.25, -0.2) is 0 Å². The Morgan fingerprint density at radius 1 is 0.400 bits per heavy atom. The molecule has 2 saturated carbocycles. The van der Waals surface area contributed by atoms with Gasteiger partial charge >= 0.3 is 0 Å². The van der Waals surface area contributed by atoms with E-state index in [1.54, 1.807) is 0 Å². The predicted octanol–water partition coefficient (Wildman–Crippen LogP) is -8.40. The van der Waals surface area contributed by atoms with E-state index < -0.39 is 173 Å². The topological polar surface area (TPSA) is 368 Å². The fourth-order valence-electron chi connectivity index (χ4n) is 8.75. The predicted molar refractivity (Wildman–Crippen MR) is 173 cm³/mol. The summed E-state index contributed by atoms with van der Waals surface area (Å²) in [5, 5.41) is 156. The Kier molecular flexibility index (Phi) is 14.4. The SMILES string of the molecule is OC[C@H]1O[C@@H](OC2CC(O)C3CC(O[C@@H]4O[C@H](CO)[C@@H](O)[C@@H](O)[C@H]4O)C(C4CC(O)C(O)C(O[C@@H]5O[C@H](CO)[C@@H](O)[C@@H](O)[C@H]5O)C4)OC3C2)[C@H](O)[C@H](O)[C@@H]1O.